The maximum absolute atomic E-state index is 5.62. The molecule has 2 nitrogen and oxygen atoms in total. The normalized spacial score (nSPS) is 15.8. The van der Waals surface area contributed by atoms with Crippen molar-refractivity contribution in [2.24, 2.45) is 5.92 Å². The molecule has 0 aliphatic rings. The van der Waals surface area contributed by atoms with Crippen molar-refractivity contribution in [3.05, 3.63) is 60.1 Å². The molecule has 0 aliphatic carbocycles. The highest BCUT2D eigenvalue weighted by Crippen LogP contribution is 2.24. The Morgan fingerprint density at radius 1 is 1.05 bits per heavy atom. The zero-order valence-electron chi connectivity index (χ0n) is 12.7. The summed E-state index contributed by atoms with van der Waals surface area (Å²) in [6.45, 7) is 6.81. The number of rotatable bonds is 7. The van der Waals surface area contributed by atoms with Crippen molar-refractivity contribution < 1.29 is 4.42 Å². The Labute approximate surface area is 122 Å². The minimum atomic E-state index is 0.130. The van der Waals surface area contributed by atoms with Crippen LogP contribution >= 0.6 is 0 Å². The number of benzene rings is 1. The van der Waals surface area contributed by atoms with E-state index in [1.165, 1.54) is 18.4 Å². The molecule has 0 radical (unpaired) electrons. The first-order valence-electron chi connectivity index (χ1n) is 7.55. The predicted molar refractivity (Wildman–Crippen MR) is 83.7 cm³/mol. The zero-order chi connectivity index (χ0) is 14.4. The first-order chi connectivity index (χ1) is 9.70. The fourth-order valence-electron chi connectivity index (χ4n) is 2.57. The van der Waals surface area contributed by atoms with Crippen molar-refractivity contribution in [1.29, 1.82) is 0 Å². The third-order valence-corrected chi connectivity index (χ3v) is 3.86. The lowest BCUT2D eigenvalue weighted by molar-refractivity contribution is 0.365. The van der Waals surface area contributed by atoms with E-state index in [0.29, 0.717) is 6.04 Å². The maximum atomic E-state index is 5.62. The molecule has 0 bridgehead atoms. The lowest BCUT2D eigenvalue weighted by Gasteiger charge is -2.24. The van der Waals surface area contributed by atoms with Crippen LogP contribution in [0, 0.1) is 5.92 Å². The summed E-state index contributed by atoms with van der Waals surface area (Å²) in [5, 5.41) is 3.71. The molecule has 0 amide bonds. The van der Waals surface area contributed by atoms with Crippen LogP contribution in [0.1, 0.15) is 51.0 Å². The van der Waals surface area contributed by atoms with Gasteiger partial charge in [0.2, 0.25) is 0 Å². The van der Waals surface area contributed by atoms with Crippen LogP contribution in [0.4, 0.5) is 0 Å². The summed E-state index contributed by atoms with van der Waals surface area (Å²) in [5.74, 6) is 1.72. The molecule has 2 heteroatoms. The van der Waals surface area contributed by atoms with Crippen LogP contribution < -0.4 is 5.32 Å². The Kier molecular flexibility index (Phi) is 5.42. The van der Waals surface area contributed by atoms with Gasteiger partial charge >= 0.3 is 0 Å². The molecule has 1 N–H and O–H groups in total. The molecule has 1 heterocycles. The van der Waals surface area contributed by atoms with E-state index in [1.807, 2.05) is 18.2 Å². The SMILES string of the molecule is CCC(C)CC(C)NC(c1ccccc1)c1ccco1. The molecular formula is C18H25NO. The lowest BCUT2D eigenvalue weighted by atomic mass is 9.98. The van der Waals surface area contributed by atoms with Gasteiger partial charge in [-0.1, -0.05) is 50.6 Å². The monoisotopic (exact) mass is 271 g/mol. The summed E-state index contributed by atoms with van der Waals surface area (Å²) in [5.41, 5.74) is 1.25. The molecule has 2 rings (SSSR count). The third kappa shape index (κ3) is 3.97. The second-order valence-electron chi connectivity index (χ2n) is 5.68. The molecule has 3 atom stereocenters. The average molecular weight is 271 g/mol. The van der Waals surface area contributed by atoms with E-state index in [2.05, 4.69) is 50.4 Å². The first-order valence-corrected chi connectivity index (χ1v) is 7.55. The van der Waals surface area contributed by atoms with Gasteiger partial charge in [0, 0.05) is 6.04 Å². The van der Waals surface area contributed by atoms with E-state index in [1.54, 1.807) is 6.26 Å². The summed E-state index contributed by atoms with van der Waals surface area (Å²) in [6.07, 6.45) is 4.15. The first kappa shape index (κ1) is 14.9. The highest BCUT2D eigenvalue weighted by atomic mass is 16.3. The molecule has 0 aliphatic heterocycles. The van der Waals surface area contributed by atoms with E-state index in [9.17, 15) is 0 Å². The Balaban J connectivity index is 2.12. The van der Waals surface area contributed by atoms with Gasteiger partial charge in [-0.15, -0.1) is 0 Å². The van der Waals surface area contributed by atoms with Gasteiger partial charge in [-0.2, -0.15) is 0 Å². The van der Waals surface area contributed by atoms with Crippen LogP contribution in [0.5, 0.6) is 0 Å². The molecule has 1 aromatic heterocycles. The van der Waals surface area contributed by atoms with E-state index in [0.717, 1.165) is 11.7 Å². The minimum Gasteiger partial charge on any atom is -0.467 e. The van der Waals surface area contributed by atoms with Crippen LogP contribution in [0.3, 0.4) is 0 Å². The molecule has 0 spiro atoms. The van der Waals surface area contributed by atoms with Gasteiger partial charge in [0.05, 0.1) is 12.3 Å². The predicted octanol–water partition coefficient (Wildman–Crippen LogP) is 4.78. The van der Waals surface area contributed by atoms with Crippen molar-refractivity contribution in [3.8, 4) is 0 Å². The second kappa shape index (κ2) is 7.30. The average Bonchev–Trinajstić information content (AvgIpc) is 2.99. The van der Waals surface area contributed by atoms with Crippen molar-refractivity contribution in [3.63, 3.8) is 0 Å². The molecule has 3 unspecified atom stereocenters. The number of nitrogens with one attached hydrogen (secondary N) is 1. The summed E-state index contributed by atoms with van der Waals surface area (Å²) in [6, 6.07) is 15.1. The highest BCUT2D eigenvalue weighted by molar-refractivity contribution is 5.26. The van der Waals surface area contributed by atoms with Gasteiger partial charge < -0.3 is 9.73 Å². The summed E-state index contributed by atoms with van der Waals surface area (Å²) in [4.78, 5) is 0. The van der Waals surface area contributed by atoms with Gasteiger partial charge in [0.25, 0.3) is 0 Å². The van der Waals surface area contributed by atoms with Gasteiger partial charge in [-0.3, -0.25) is 0 Å². The fraction of sp³-hybridized carbons (Fsp3) is 0.444. The lowest BCUT2D eigenvalue weighted by Crippen LogP contribution is -2.32. The number of hydrogen-bond donors (Lipinski definition) is 1. The van der Waals surface area contributed by atoms with E-state index in [4.69, 9.17) is 4.42 Å². The van der Waals surface area contributed by atoms with Crippen LogP contribution in [0.15, 0.2) is 53.1 Å². The van der Waals surface area contributed by atoms with Crippen LogP contribution in [-0.4, -0.2) is 6.04 Å². The quantitative estimate of drug-likeness (QED) is 0.783. The van der Waals surface area contributed by atoms with E-state index in [-0.39, 0.29) is 6.04 Å². The summed E-state index contributed by atoms with van der Waals surface area (Å²) >= 11 is 0. The van der Waals surface area contributed by atoms with E-state index < -0.39 is 0 Å². The zero-order valence-corrected chi connectivity index (χ0v) is 12.7. The largest absolute Gasteiger partial charge is 0.467 e. The smallest absolute Gasteiger partial charge is 0.125 e. The molecule has 20 heavy (non-hydrogen) atoms. The van der Waals surface area contributed by atoms with Crippen LogP contribution in [-0.2, 0) is 0 Å². The van der Waals surface area contributed by atoms with Gasteiger partial charge in [-0.25, -0.2) is 0 Å². The Hall–Kier alpha value is -1.54. The number of hydrogen-bond acceptors (Lipinski definition) is 2. The Morgan fingerprint density at radius 3 is 2.40 bits per heavy atom. The molecule has 0 saturated heterocycles. The topological polar surface area (TPSA) is 25.2 Å². The maximum Gasteiger partial charge on any atom is 0.125 e. The van der Waals surface area contributed by atoms with Crippen LogP contribution in [0.2, 0.25) is 0 Å². The highest BCUT2D eigenvalue weighted by Gasteiger charge is 2.19. The van der Waals surface area contributed by atoms with Crippen LogP contribution in [0.25, 0.3) is 0 Å². The molecular weight excluding hydrogens is 246 g/mol. The molecule has 0 saturated carbocycles. The van der Waals surface area contributed by atoms with Gasteiger partial charge in [0.1, 0.15) is 5.76 Å². The standard InChI is InChI=1S/C18H25NO/c1-4-14(2)13-15(3)19-18(17-11-8-12-20-17)16-9-6-5-7-10-16/h5-12,14-15,18-19H,4,13H2,1-3H3. The second-order valence-corrected chi connectivity index (χ2v) is 5.68. The van der Waals surface area contributed by atoms with Crippen molar-refractivity contribution in [1.82, 2.24) is 5.32 Å². The minimum absolute atomic E-state index is 0.130. The Morgan fingerprint density at radius 2 is 1.80 bits per heavy atom. The van der Waals surface area contributed by atoms with Crippen molar-refractivity contribution in [2.75, 3.05) is 0 Å². The van der Waals surface area contributed by atoms with Gasteiger partial charge in [0.15, 0.2) is 0 Å². The fourth-order valence-corrected chi connectivity index (χ4v) is 2.57. The van der Waals surface area contributed by atoms with Crippen molar-refractivity contribution >= 4 is 0 Å². The number of furan rings is 1. The van der Waals surface area contributed by atoms with Crippen molar-refractivity contribution in [2.45, 2.75) is 45.7 Å². The third-order valence-electron chi connectivity index (χ3n) is 3.86. The summed E-state index contributed by atoms with van der Waals surface area (Å²) < 4.78 is 5.62. The molecule has 1 aromatic carbocycles. The molecule has 2 aromatic rings. The molecule has 0 fully saturated rings. The summed E-state index contributed by atoms with van der Waals surface area (Å²) in [7, 11) is 0. The van der Waals surface area contributed by atoms with E-state index >= 15 is 0 Å². The van der Waals surface area contributed by atoms with Gasteiger partial charge in [-0.05, 0) is 37.0 Å². The molecule has 108 valence electrons. The Bertz CT molecular complexity index is 477.